The second-order valence-corrected chi connectivity index (χ2v) is 5.43. The maximum Gasteiger partial charge on any atom is 0.0167 e. The van der Waals surface area contributed by atoms with Crippen LogP contribution in [-0.4, -0.2) is 30.6 Å². The van der Waals surface area contributed by atoms with Crippen molar-refractivity contribution in [2.75, 3.05) is 19.6 Å². The number of rotatable bonds is 6. The van der Waals surface area contributed by atoms with Crippen LogP contribution in [-0.2, 0) is 0 Å². The Hall–Kier alpha value is -0.0800. The van der Waals surface area contributed by atoms with Gasteiger partial charge in [0, 0.05) is 12.6 Å². The Morgan fingerprint density at radius 3 is 2.69 bits per heavy atom. The van der Waals surface area contributed by atoms with Crippen LogP contribution in [0.4, 0.5) is 0 Å². The molecule has 1 aliphatic heterocycles. The highest BCUT2D eigenvalue weighted by Gasteiger charge is 2.17. The molecule has 0 saturated carbocycles. The zero-order valence-corrected chi connectivity index (χ0v) is 11.3. The summed E-state index contributed by atoms with van der Waals surface area (Å²) in [5, 5.41) is 0. The van der Waals surface area contributed by atoms with Crippen LogP contribution in [0.5, 0.6) is 0 Å². The molecule has 1 rings (SSSR count). The normalized spacial score (nSPS) is 25.3. The summed E-state index contributed by atoms with van der Waals surface area (Å²) in [6.45, 7) is 8.20. The van der Waals surface area contributed by atoms with E-state index in [2.05, 4.69) is 18.7 Å². The highest BCUT2D eigenvalue weighted by Crippen LogP contribution is 2.21. The molecule has 0 spiro atoms. The predicted molar refractivity (Wildman–Crippen MR) is 71.6 cm³/mol. The predicted octanol–water partition coefficient (Wildman–Crippen LogP) is 3.02. The molecule has 1 saturated heterocycles. The number of likely N-dealkylation sites (tertiary alicyclic amines) is 1. The summed E-state index contributed by atoms with van der Waals surface area (Å²) < 4.78 is 0. The van der Waals surface area contributed by atoms with Crippen molar-refractivity contribution in [3.05, 3.63) is 0 Å². The summed E-state index contributed by atoms with van der Waals surface area (Å²) in [6, 6.07) is 0.396. The van der Waals surface area contributed by atoms with Gasteiger partial charge < -0.3 is 10.6 Å². The molecular formula is C14H30N2. The molecule has 2 atom stereocenters. The van der Waals surface area contributed by atoms with Gasteiger partial charge in [-0.25, -0.2) is 0 Å². The topological polar surface area (TPSA) is 29.3 Å². The molecule has 0 aromatic heterocycles. The minimum absolute atomic E-state index is 0.396. The van der Waals surface area contributed by atoms with Gasteiger partial charge in [0.2, 0.25) is 0 Å². The number of hydrogen-bond donors (Lipinski definition) is 1. The number of nitrogens with two attached hydrogens (primary N) is 1. The fourth-order valence-electron chi connectivity index (χ4n) is 2.90. The number of nitrogens with zero attached hydrogens (tertiary/aromatic N) is 1. The third-order valence-electron chi connectivity index (χ3n) is 3.79. The van der Waals surface area contributed by atoms with Crippen molar-refractivity contribution in [3.63, 3.8) is 0 Å². The summed E-state index contributed by atoms with van der Waals surface area (Å²) in [6.07, 6.45) is 9.38. The van der Waals surface area contributed by atoms with Crippen molar-refractivity contribution in [3.8, 4) is 0 Å². The van der Waals surface area contributed by atoms with Gasteiger partial charge in [-0.05, 0) is 44.7 Å². The van der Waals surface area contributed by atoms with Crippen molar-refractivity contribution in [1.29, 1.82) is 0 Å². The minimum atomic E-state index is 0.396. The standard InChI is InChI=1S/C14H30N2/c1-3-6-13-8-5-10-16(11-9-13)12-14(15)7-4-2/h13-14H,3-12,15H2,1-2H3. The fraction of sp³-hybridized carbons (Fsp3) is 1.00. The average Bonchev–Trinajstić information content (AvgIpc) is 2.45. The van der Waals surface area contributed by atoms with Gasteiger partial charge >= 0.3 is 0 Å². The van der Waals surface area contributed by atoms with Crippen LogP contribution in [0.25, 0.3) is 0 Å². The van der Waals surface area contributed by atoms with Crippen molar-refractivity contribution in [2.45, 2.75) is 64.8 Å². The van der Waals surface area contributed by atoms with Gasteiger partial charge in [-0.1, -0.05) is 33.1 Å². The van der Waals surface area contributed by atoms with Crippen LogP contribution in [0.1, 0.15) is 58.8 Å². The van der Waals surface area contributed by atoms with Gasteiger partial charge in [-0.3, -0.25) is 0 Å². The van der Waals surface area contributed by atoms with Crippen LogP contribution >= 0.6 is 0 Å². The zero-order valence-electron chi connectivity index (χ0n) is 11.3. The van der Waals surface area contributed by atoms with E-state index in [4.69, 9.17) is 5.73 Å². The molecule has 2 heteroatoms. The van der Waals surface area contributed by atoms with Crippen LogP contribution in [0.15, 0.2) is 0 Å². The van der Waals surface area contributed by atoms with Crippen LogP contribution in [0, 0.1) is 5.92 Å². The summed E-state index contributed by atoms with van der Waals surface area (Å²) in [7, 11) is 0. The Kier molecular flexibility index (Phi) is 7.06. The van der Waals surface area contributed by atoms with Crippen molar-refractivity contribution in [2.24, 2.45) is 11.7 Å². The second kappa shape index (κ2) is 8.08. The smallest absolute Gasteiger partial charge is 0.0167 e. The summed E-state index contributed by atoms with van der Waals surface area (Å²) in [4.78, 5) is 2.59. The van der Waals surface area contributed by atoms with Crippen LogP contribution < -0.4 is 5.73 Å². The average molecular weight is 226 g/mol. The van der Waals surface area contributed by atoms with Crippen LogP contribution in [0.3, 0.4) is 0 Å². The van der Waals surface area contributed by atoms with E-state index in [1.54, 1.807) is 0 Å². The molecule has 16 heavy (non-hydrogen) atoms. The van der Waals surface area contributed by atoms with E-state index >= 15 is 0 Å². The second-order valence-electron chi connectivity index (χ2n) is 5.43. The number of hydrogen-bond acceptors (Lipinski definition) is 2. The van der Waals surface area contributed by atoms with Crippen molar-refractivity contribution in [1.82, 2.24) is 4.90 Å². The molecule has 0 aromatic carbocycles. The van der Waals surface area contributed by atoms with Gasteiger partial charge in [0.1, 0.15) is 0 Å². The molecule has 2 nitrogen and oxygen atoms in total. The zero-order chi connectivity index (χ0) is 11.8. The molecule has 0 aliphatic carbocycles. The molecule has 0 bridgehead atoms. The van der Waals surface area contributed by atoms with Crippen molar-refractivity contribution >= 4 is 0 Å². The minimum Gasteiger partial charge on any atom is -0.327 e. The lowest BCUT2D eigenvalue weighted by Crippen LogP contribution is -2.38. The molecule has 2 N–H and O–H groups in total. The molecule has 0 radical (unpaired) electrons. The highest BCUT2D eigenvalue weighted by atomic mass is 15.1. The van der Waals surface area contributed by atoms with E-state index in [1.807, 2.05) is 0 Å². The molecule has 1 heterocycles. The first kappa shape index (κ1) is 14.0. The summed E-state index contributed by atoms with van der Waals surface area (Å²) in [5.41, 5.74) is 6.12. The SMILES string of the molecule is CCCC(N)CN1CCCC(CCC)CC1. The van der Waals surface area contributed by atoms with Crippen molar-refractivity contribution < 1.29 is 0 Å². The van der Waals surface area contributed by atoms with Gasteiger partial charge in [0.25, 0.3) is 0 Å². The van der Waals surface area contributed by atoms with E-state index in [0.29, 0.717) is 6.04 Å². The van der Waals surface area contributed by atoms with E-state index in [9.17, 15) is 0 Å². The van der Waals surface area contributed by atoms with E-state index < -0.39 is 0 Å². The van der Waals surface area contributed by atoms with E-state index in [1.165, 1.54) is 58.0 Å². The Bertz CT molecular complexity index is 170. The first-order valence-corrected chi connectivity index (χ1v) is 7.24. The Balaban J connectivity index is 2.24. The lowest BCUT2D eigenvalue weighted by atomic mass is 9.96. The first-order valence-electron chi connectivity index (χ1n) is 7.24. The molecule has 1 fully saturated rings. The third kappa shape index (κ3) is 5.31. The Morgan fingerprint density at radius 2 is 2.00 bits per heavy atom. The largest absolute Gasteiger partial charge is 0.327 e. The maximum absolute atomic E-state index is 6.12. The Labute approximate surface area is 102 Å². The van der Waals surface area contributed by atoms with Gasteiger partial charge in [-0.2, -0.15) is 0 Å². The maximum atomic E-state index is 6.12. The van der Waals surface area contributed by atoms with E-state index in [0.717, 1.165) is 12.5 Å². The van der Waals surface area contributed by atoms with Gasteiger partial charge in [0.15, 0.2) is 0 Å². The van der Waals surface area contributed by atoms with Crippen LogP contribution in [0.2, 0.25) is 0 Å². The van der Waals surface area contributed by atoms with Gasteiger partial charge in [-0.15, -0.1) is 0 Å². The quantitative estimate of drug-likeness (QED) is 0.754. The third-order valence-corrected chi connectivity index (χ3v) is 3.79. The highest BCUT2D eigenvalue weighted by molar-refractivity contribution is 4.73. The molecule has 0 amide bonds. The lowest BCUT2D eigenvalue weighted by Gasteiger charge is -2.23. The van der Waals surface area contributed by atoms with Gasteiger partial charge in [0.05, 0.1) is 0 Å². The summed E-state index contributed by atoms with van der Waals surface area (Å²) >= 11 is 0. The fourth-order valence-corrected chi connectivity index (χ4v) is 2.90. The Morgan fingerprint density at radius 1 is 1.19 bits per heavy atom. The molecule has 2 unspecified atom stereocenters. The molecular weight excluding hydrogens is 196 g/mol. The molecule has 0 aromatic rings. The van der Waals surface area contributed by atoms with E-state index in [-0.39, 0.29) is 0 Å². The monoisotopic (exact) mass is 226 g/mol. The lowest BCUT2D eigenvalue weighted by molar-refractivity contribution is 0.257. The summed E-state index contributed by atoms with van der Waals surface area (Å²) in [5.74, 6) is 0.984. The molecule has 96 valence electrons. The molecule has 1 aliphatic rings. The first-order chi connectivity index (χ1) is 7.76.